The summed E-state index contributed by atoms with van der Waals surface area (Å²) in [5.74, 6) is 0.282. The molecule has 1 N–H and O–H groups in total. The van der Waals surface area contributed by atoms with E-state index in [4.69, 9.17) is 0 Å². The summed E-state index contributed by atoms with van der Waals surface area (Å²) in [5, 5.41) is 4.18. The fraction of sp³-hybridized carbons (Fsp3) is 0.333. The average molecular weight is 309 g/mol. The Bertz CT molecular complexity index is 631. The van der Waals surface area contributed by atoms with Gasteiger partial charge in [0.05, 0.1) is 5.75 Å². The molecule has 5 heteroatoms. The smallest absolute Gasteiger partial charge is 0.211 e. The zero-order valence-electron chi connectivity index (χ0n) is 11.7. The van der Waals surface area contributed by atoms with Crippen LogP contribution in [0.2, 0.25) is 0 Å². The van der Waals surface area contributed by atoms with Crippen LogP contribution >= 0.6 is 11.3 Å². The molecule has 2 aromatic rings. The molecule has 2 rings (SSSR count). The van der Waals surface area contributed by atoms with Gasteiger partial charge in [0.2, 0.25) is 10.0 Å². The lowest BCUT2D eigenvalue weighted by Gasteiger charge is -2.13. The van der Waals surface area contributed by atoms with E-state index < -0.39 is 10.0 Å². The van der Waals surface area contributed by atoms with E-state index in [9.17, 15) is 8.42 Å². The molecule has 1 aromatic heterocycles. The molecular formula is C15H19NO2S2. The van der Waals surface area contributed by atoms with E-state index in [0.717, 1.165) is 5.56 Å². The lowest BCUT2D eigenvalue weighted by Crippen LogP contribution is -2.28. The van der Waals surface area contributed by atoms with E-state index in [2.05, 4.69) is 45.8 Å². The molecule has 20 heavy (non-hydrogen) atoms. The molecule has 0 aliphatic carbocycles. The van der Waals surface area contributed by atoms with Crippen LogP contribution < -0.4 is 4.72 Å². The number of hydrogen-bond donors (Lipinski definition) is 1. The van der Waals surface area contributed by atoms with Crippen LogP contribution in [0, 0.1) is 0 Å². The van der Waals surface area contributed by atoms with Gasteiger partial charge in [-0.1, -0.05) is 31.2 Å². The molecule has 3 nitrogen and oxygen atoms in total. The van der Waals surface area contributed by atoms with Gasteiger partial charge in [-0.15, -0.1) is 0 Å². The quantitative estimate of drug-likeness (QED) is 0.888. The van der Waals surface area contributed by atoms with Crippen LogP contribution in [-0.4, -0.2) is 20.7 Å². The minimum atomic E-state index is -3.11. The second-order valence-electron chi connectivity index (χ2n) is 4.79. The molecule has 1 unspecified atom stereocenters. The molecule has 1 heterocycles. The van der Waals surface area contributed by atoms with Gasteiger partial charge in [-0.3, -0.25) is 0 Å². The van der Waals surface area contributed by atoms with Gasteiger partial charge in [-0.05, 0) is 46.4 Å². The molecule has 0 aliphatic rings. The van der Waals surface area contributed by atoms with Gasteiger partial charge < -0.3 is 0 Å². The summed E-state index contributed by atoms with van der Waals surface area (Å²) in [6.07, 6.45) is 0. The third kappa shape index (κ3) is 3.91. The molecule has 0 saturated carbocycles. The van der Waals surface area contributed by atoms with Crippen LogP contribution in [-0.2, 0) is 10.0 Å². The molecule has 0 aliphatic heterocycles. The summed E-state index contributed by atoms with van der Waals surface area (Å²) in [4.78, 5) is 0. The van der Waals surface area contributed by atoms with Gasteiger partial charge in [0.25, 0.3) is 0 Å². The average Bonchev–Trinajstić information content (AvgIpc) is 2.99. The summed E-state index contributed by atoms with van der Waals surface area (Å²) >= 11 is 1.68. The minimum absolute atomic E-state index is 0.122. The lowest BCUT2D eigenvalue weighted by atomic mass is 9.99. The third-order valence-corrected chi connectivity index (χ3v) is 5.37. The first-order chi connectivity index (χ1) is 9.52. The Kier molecular flexibility index (Phi) is 4.96. The second-order valence-corrected chi connectivity index (χ2v) is 7.66. The van der Waals surface area contributed by atoms with Gasteiger partial charge >= 0.3 is 0 Å². The fourth-order valence-electron chi connectivity index (χ4n) is 1.90. The van der Waals surface area contributed by atoms with Crippen molar-refractivity contribution in [3.05, 3.63) is 46.7 Å². The van der Waals surface area contributed by atoms with Crippen molar-refractivity contribution in [2.75, 3.05) is 12.3 Å². The second kappa shape index (κ2) is 6.52. The molecule has 1 atom stereocenters. The summed E-state index contributed by atoms with van der Waals surface area (Å²) in [7, 11) is -3.11. The minimum Gasteiger partial charge on any atom is -0.215 e. The van der Waals surface area contributed by atoms with E-state index in [1.165, 1.54) is 11.1 Å². The first kappa shape index (κ1) is 15.2. The Morgan fingerprint density at radius 3 is 2.40 bits per heavy atom. The van der Waals surface area contributed by atoms with Gasteiger partial charge in [0.15, 0.2) is 0 Å². The topological polar surface area (TPSA) is 46.2 Å². The van der Waals surface area contributed by atoms with E-state index in [0.29, 0.717) is 6.54 Å². The van der Waals surface area contributed by atoms with Crippen molar-refractivity contribution < 1.29 is 8.42 Å². The van der Waals surface area contributed by atoms with Crippen molar-refractivity contribution in [3.8, 4) is 11.1 Å². The van der Waals surface area contributed by atoms with Crippen molar-refractivity contribution >= 4 is 21.4 Å². The first-order valence-corrected chi connectivity index (χ1v) is 9.21. The first-order valence-electron chi connectivity index (χ1n) is 6.61. The van der Waals surface area contributed by atoms with E-state index >= 15 is 0 Å². The van der Waals surface area contributed by atoms with Crippen LogP contribution in [0.25, 0.3) is 11.1 Å². The fourth-order valence-corrected chi connectivity index (χ4v) is 3.28. The van der Waals surface area contributed by atoms with Crippen LogP contribution in [0.1, 0.15) is 25.3 Å². The Labute approximate surface area is 124 Å². The highest BCUT2D eigenvalue weighted by atomic mass is 32.2. The Morgan fingerprint density at radius 1 is 1.15 bits per heavy atom. The maximum absolute atomic E-state index is 11.4. The van der Waals surface area contributed by atoms with E-state index in [1.54, 1.807) is 18.3 Å². The van der Waals surface area contributed by atoms with Crippen molar-refractivity contribution in [2.45, 2.75) is 19.8 Å². The Hall–Kier alpha value is -1.17. The zero-order chi connectivity index (χ0) is 14.6. The van der Waals surface area contributed by atoms with Crippen molar-refractivity contribution in [1.29, 1.82) is 0 Å². The van der Waals surface area contributed by atoms with E-state index in [-0.39, 0.29) is 11.7 Å². The number of sulfonamides is 1. The molecule has 0 fully saturated rings. The summed E-state index contributed by atoms with van der Waals surface area (Å²) < 4.78 is 25.5. The maximum Gasteiger partial charge on any atom is 0.211 e. The highest BCUT2D eigenvalue weighted by Gasteiger charge is 2.11. The number of benzene rings is 1. The zero-order valence-corrected chi connectivity index (χ0v) is 13.3. The maximum atomic E-state index is 11.4. The SMILES string of the molecule is CCS(=O)(=O)NCC(C)c1ccc(-c2ccsc2)cc1. The molecule has 0 amide bonds. The van der Waals surface area contributed by atoms with Crippen molar-refractivity contribution in [3.63, 3.8) is 0 Å². The van der Waals surface area contributed by atoms with Crippen LogP contribution in [0.15, 0.2) is 41.1 Å². The number of rotatable bonds is 6. The Morgan fingerprint density at radius 2 is 1.85 bits per heavy atom. The molecule has 0 saturated heterocycles. The largest absolute Gasteiger partial charge is 0.215 e. The predicted molar refractivity (Wildman–Crippen MR) is 85.6 cm³/mol. The number of nitrogens with one attached hydrogen (secondary N) is 1. The van der Waals surface area contributed by atoms with Crippen LogP contribution in [0.4, 0.5) is 0 Å². The van der Waals surface area contributed by atoms with E-state index in [1.807, 2.05) is 6.92 Å². The molecule has 0 bridgehead atoms. The Balaban J connectivity index is 2.03. The van der Waals surface area contributed by atoms with Crippen LogP contribution in [0.3, 0.4) is 0 Å². The number of thiophene rings is 1. The van der Waals surface area contributed by atoms with Gasteiger partial charge in [-0.2, -0.15) is 11.3 Å². The van der Waals surface area contributed by atoms with Crippen molar-refractivity contribution in [2.24, 2.45) is 0 Å². The molecule has 108 valence electrons. The molecule has 1 aromatic carbocycles. The van der Waals surface area contributed by atoms with Gasteiger partial charge in [-0.25, -0.2) is 13.1 Å². The normalized spacial score (nSPS) is 13.3. The highest BCUT2D eigenvalue weighted by Crippen LogP contribution is 2.24. The summed E-state index contributed by atoms with van der Waals surface area (Å²) in [6.45, 7) is 4.11. The van der Waals surface area contributed by atoms with Crippen molar-refractivity contribution in [1.82, 2.24) is 4.72 Å². The predicted octanol–water partition coefficient (Wildman–Crippen LogP) is 3.46. The summed E-state index contributed by atoms with van der Waals surface area (Å²) in [6, 6.07) is 10.4. The monoisotopic (exact) mass is 309 g/mol. The molecule has 0 radical (unpaired) electrons. The highest BCUT2D eigenvalue weighted by molar-refractivity contribution is 7.89. The summed E-state index contributed by atoms with van der Waals surface area (Å²) in [5.41, 5.74) is 3.56. The lowest BCUT2D eigenvalue weighted by molar-refractivity contribution is 0.576. The van der Waals surface area contributed by atoms with Crippen LogP contribution in [0.5, 0.6) is 0 Å². The standard InChI is InChI=1S/C15H19NO2S2/c1-3-20(17,18)16-10-12(2)13-4-6-14(7-5-13)15-8-9-19-11-15/h4-9,11-12,16H,3,10H2,1-2H3. The van der Waals surface area contributed by atoms with Gasteiger partial charge in [0, 0.05) is 6.54 Å². The third-order valence-electron chi connectivity index (χ3n) is 3.32. The molecular weight excluding hydrogens is 290 g/mol. The van der Waals surface area contributed by atoms with Gasteiger partial charge in [0.1, 0.15) is 0 Å². The molecule has 0 spiro atoms. The number of hydrogen-bond acceptors (Lipinski definition) is 3.